The summed E-state index contributed by atoms with van der Waals surface area (Å²) >= 11 is 1.35. The van der Waals surface area contributed by atoms with Gasteiger partial charge in [-0.25, -0.2) is 4.98 Å². The summed E-state index contributed by atoms with van der Waals surface area (Å²) in [6, 6.07) is 22.8. The highest BCUT2D eigenvalue weighted by molar-refractivity contribution is 7.13. The lowest BCUT2D eigenvalue weighted by Gasteiger charge is -2.27. The predicted octanol–water partition coefficient (Wildman–Crippen LogP) is 5.63. The number of H-pyrrole nitrogens is 1. The van der Waals surface area contributed by atoms with Crippen molar-refractivity contribution >= 4 is 39.2 Å². The van der Waals surface area contributed by atoms with Gasteiger partial charge in [0, 0.05) is 35.4 Å². The number of fused-ring (bicyclic) bond motifs is 2. The van der Waals surface area contributed by atoms with Crippen molar-refractivity contribution in [2.45, 2.75) is 12.6 Å². The molecular weight excluding hydrogens is 444 g/mol. The molecule has 1 aliphatic heterocycles. The maximum atomic E-state index is 13.6. The number of carbonyl (C=O) groups is 2. The lowest BCUT2D eigenvalue weighted by Crippen LogP contribution is -2.37. The molecule has 0 fully saturated rings. The second kappa shape index (κ2) is 8.28. The van der Waals surface area contributed by atoms with Gasteiger partial charge in [0.1, 0.15) is 6.04 Å². The lowest BCUT2D eigenvalue weighted by molar-refractivity contribution is -0.120. The average Bonchev–Trinajstić information content (AvgIpc) is 3.61. The van der Waals surface area contributed by atoms with Crippen LogP contribution in [0.3, 0.4) is 0 Å². The number of carbonyl (C=O) groups excluding carboxylic acids is 2. The van der Waals surface area contributed by atoms with Gasteiger partial charge in [0.15, 0.2) is 5.13 Å². The van der Waals surface area contributed by atoms with Crippen molar-refractivity contribution in [3.63, 3.8) is 0 Å². The first-order valence-electron chi connectivity index (χ1n) is 10.9. The zero-order valence-electron chi connectivity index (χ0n) is 18.1. The van der Waals surface area contributed by atoms with E-state index in [9.17, 15) is 9.59 Å². The molecule has 0 radical (unpaired) electrons. The molecule has 0 bridgehead atoms. The van der Waals surface area contributed by atoms with E-state index in [1.165, 1.54) is 11.3 Å². The molecule has 1 unspecified atom stereocenters. The molecule has 1 aliphatic rings. The zero-order valence-corrected chi connectivity index (χ0v) is 18.9. The van der Waals surface area contributed by atoms with Gasteiger partial charge in [-0.1, -0.05) is 54.6 Å². The molecular formula is C27H20N4O2S. The van der Waals surface area contributed by atoms with Gasteiger partial charge in [-0.2, -0.15) is 0 Å². The van der Waals surface area contributed by atoms with Crippen LogP contribution >= 0.6 is 11.3 Å². The maximum absolute atomic E-state index is 13.6. The van der Waals surface area contributed by atoms with Crippen LogP contribution in [0.5, 0.6) is 0 Å². The third kappa shape index (κ3) is 3.56. The maximum Gasteiger partial charge on any atom is 0.255 e. The molecule has 1 atom stereocenters. The van der Waals surface area contributed by atoms with Crippen LogP contribution in [0.4, 0.5) is 5.13 Å². The summed E-state index contributed by atoms with van der Waals surface area (Å²) in [7, 11) is 0. The number of thiazole rings is 1. The van der Waals surface area contributed by atoms with Gasteiger partial charge >= 0.3 is 0 Å². The molecule has 166 valence electrons. The van der Waals surface area contributed by atoms with E-state index in [0.717, 1.165) is 33.2 Å². The van der Waals surface area contributed by atoms with Crippen molar-refractivity contribution in [3.8, 4) is 11.1 Å². The lowest BCUT2D eigenvalue weighted by atomic mass is 9.99. The Morgan fingerprint density at radius 2 is 1.85 bits per heavy atom. The van der Waals surface area contributed by atoms with Gasteiger partial charge in [0.25, 0.3) is 11.8 Å². The number of hydrogen-bond donors (Lipinski definition) is 2. The molecule has 5 aromatic rings. The highest BCUT2D eigenvalue weighted by Gasteiger charge is 2.37. The molecule has 3 aromatic carbocycles. The Balaban J connectivity index is 1.35. The fraction of sp³-hybridized carbons (Fsp3) is 0.0741. The quantitative estimate of drug-likeness (QED) is 0.354. The Morgan fingerprint density at radius 3 is 2.68 bits per heavy atom. The number of aromatic nitrogens is 2. The highest BCUT2D eigenvalue weighted by atomic mass is 32.1. The van der Waals surface area contributed by atoms with Crippen molar-refractivity contribution in [1.82, 2.24) is 14.9 Å². The Hall–Kier alpha value is -4.23. The van der Waals surface area contributed by atoms with Crippen molar-refractivity contribution in [3.05, 3.63) is 107 Å². The summed E-state index contributed by atoms with van der Waals surface area (Å²) in [5.41, 5.74) is 5.35. The summed E-state index contributed by atoms with van der Waals surface area (Å²) in [6.45, 7) is 0.370. The monoisotopic (exact) mass is 464 g/mol. The number of amides is 2. The van der Waals surface area contributed by atoms with Crippen LogP contribution in [0.15, 0.2) is 90.6 Å². The molecule has 0 spiro atoms. The Bertz CT molecular complexity index is 1510. The molecule has 0 aliphatic carbocycles. The Morgan fingerprint density at radius 1 is 1.03 bits per heavy atom. The molecule has 6 rings (SSSR count). The molecule has 0 saturated carbocycles. The van der Waals surface area contributed by atoms with E-state index in [-0.39, 0.29) is 11.8 Å². The number of nitrogens with zero attached hydrogens (tertiary/aromatic N) is 2. The van der Waals surface area contributed by atoms with Gasteiger partial charge in [-0.05, 0) is 45.8 Å². The minimum atomic E-state index is -0.760. The van der Waals surface area contributed by atoms with E-state index < -0.39 is 6.04 Å². The van der Waals surface area contributed by atoms with E-state index in [4.69, 9.17) is 0 Å². The second-order valence-electron chi connectivity index (χ2n) is 8.22. The average molecular weight is 465 g/mol. The number of benzene rings is 3. The van der Waals surface area contributed by atoms with Crippen LogP contribution in [0.2, 0.25) is 0 Å². The van der Waals surface area contributed by atoms with Crippen molar-refractivity contribution in [1.29, 1.82) is 0 Å². The molecule has 6 nitrogen and oxygen atoms in total. The summed E-state index contributed by atoms with van der Waals surface area (Å²) in [5, 5.41) is 6.32. The first-order valence-corrected chi connectivity index (χ1v) is 11.8. The van der Waals surface area contributed by atoms with Crippen LogP contribution in [-0.2, 0) is 11.3 Å². The van der Waals surface area contributed by atoms with Crippen LogP contribution in [0, 0.1) is 0 Å². The largest absolute Gasteiger partial charge is 0.361 e. The number of hydrogen-bond acceptors (Lipinski definition) is 4. The Kier molecular flexibility index (Phi) is 4.96. The number of nitrogens with one attached hydrogen (secondary N) is 2. The zero-order chi connectivity index (χ0) is 23.1. The van der Waals surface area contributed by atoms with Crippen molar-refractivity contribution in [2.75, 3.05) is 5.32 Å². The summed E-state index contributed by atoms with van der Waals surface area (Å²) < 4.78 is 0. The second-order valence-corrected chi connectivity index (χ2v) is 9.12. The van der Waals surface area contributed by atoms with Gasteiger partial charge in [0.05, 0.1) is 0 Å². The number of aromatic amines is 1. The minimum absolute atomic E-state index is 0.152. The van der Waals surface area contributed by atoms with Crippen molar-refractivity contribution < 1.29 is 9.59 Å². The van der Waals surface area contributed by atoms with Crippen LogP contribution < -0.4 is 5.32 Å². The van der Waals surface area contributed by atoms with Gasteiger partial charge in [-0.3, -0.25) is 14.9 Å². The van der Waals surface area contributed by atoms with E-state index in [1.54, 1.807) is 16.5 Å². The fourth-order valence-electron chi connectivity index (χ4n) is 4.51. The number of rotatable bonds is 5. The topological polar surface area (TPSA) is 78.1 Å². The molecule has 2 aromatic heterocycles. The predicted molar refractivity (Wildman–Crippen MR) is 134 cm³/mol. The minimum Gasteiger partial charge on any atom is -0.361 e. The first-order chi connectivity index (χ1) is 16.7. The molecule has 0 saturated heterocycles. The van der Waals surface area contributed by atoms with E-state index >= 15 is 0 Å². The molecule has 34 heavy (non-hydrogen) atoms. The van der Waals surface area contributed by atoms with Crippen LogP contribution in [-0.4, -0.2) is 26.7 Å². The van der Waals surface area contributed by atoms with E-state index in [2.05, 4.69) is 33.5 Å². The third-order valence-electron chi connectivity index (χ3n) is 6.17. The smallest absolute Gasteiger partial charge is 0.255 e. The van der Waals surface area contributed by atoms with Crippen molar-refractivity contribution in [2.24, 2.45) is 0 Å². The van der Waals surface area contributed by atoms with Crippen LogP contribution in [0.25, 0.3) is 22.0 Å². The summed E-state index contributed by atoms with van der Waals surface area (Å²) in [6.07, 6.45) is 3.56. The van der Waals surface area contributed by atoms with Gasteiger partial charge < -0.3 is 9.88 Å². The van der Waals surface area contributed by atoms with Gasteiger partial charge in [-0.15, -0.1) is 11.3 Å². The van der Waals surface area contributed by atoms with E-state index in [1.807, 2.05) is 60.8 Å². The third-order valence-corrected chi connectivity index (χ3v) is 6.86. The SMILES string of the molecule is O=C(Nc1nccs1)C(c1ccccc1)N1Cc2ccc(-c3ccc4cc[nH]c4c3)cc2C1=O. The van der Waals surface area contributed by atoms with Crippen LogP contribution in [0.1, 0.15) is 27.5 Å². The highest BCUT2D eigenvalue weighted by Crippen LogP contribution is 2.35. The standard InChI is InChI=1S/C27H20N4O2S/c32-25(30-27-29-12-13-34-27)24(18-4-2-1-3-5-18)31-16-21-9-8-19(14-22(21)26(31)33)20-7-6-17-10-11-28-23(17)15-20/h1-15,24,28H,16H2,(H,29,30,32). The van der Waals surface area contributed by atoms with Gasteiger partial charge in [0.2, 0.25) is 0 Å². The first kappa shape index (κ1) is 20.4. The summed E-state index contributed by atoms with van der Waals surface area (Å²) in [5.74, 6) is -0.430. The fourth-order valence-corrected chi connectivity index (χ4v) is 5.04. The summed E-state index contributed by atoms with van der Waals surface area (Å²) in [4.78, 5) is 36.0. The molecule has 3 heterocycles. The normalized spacial score (nSPS) is 13.8. The Labute approximate surface area is 199 Å². The number of anilines is 1. The van der Waals surface area contributed by atoms with E-state index in [0.29, 0.717) is 17.2 Å². The molecule has 7 heteroatoms. The molecule has 2 N–H and O–H groups in total. The molecule has 2 amide bonds.